The first kappa shape index (κ1) is 12.7. The largest absolute Gasteiger partial charge is 0.497 e. The molecule has 3 heteroatoms. The maximum Gasteiger partial charge on any atom is 0.194 e. The zero-order valence-corrected chi connectivity index (χ0v) is 11.3. The minimum absolute atomic E-state index is 0.123. The number of ketones is 1. The summed E-state index contributed by atoms with van der Waals surface area (Å²) >= 11 is 0. The Morgan fingerprint density at radius 3 is 2.47 bits per heavy atom. The Morgan fingerprint density at radius 2 is 1.84 bits per heavy atom. The molecule has 0 amide bonds. The lowest BCUT2D eigenvalue weighted by Gasteiger charge is -2.19. The number of hydrogen-bond donors (Lipinski definition) is 0. The van der Waals surface area contributed by atoms with Gasteiger partial charge >= 0.3 is 0 Å². The summed E-state index contributed by atoms with van der Waals surface area (Å²) in [4.78, 5) is 12.3. The number of hydrogen-bond acceptors (Lipinski definition) is 3. The van der Waals surface area contributed by atoms with Crippen LogP contribution in [0.1, 0.15) is 42.5 Å². The number of carbonyl (C=O) groups excluding carboxylic acids is 1. The number of methoxy groups -OCH3 is 1. The molecule has 102 valence electrons. The summed E-state index contributed by atoms with van der Waals surface area (Å²) in [6.45, 7) is 0. The van der Waals surface area contributed by atoms with E-state index in [1.54, 1.807) is 7.11 Å². The van der Waals surface area contributed by atoms with Crippen molar-refractivity contribution in [2.24, 2.45) is 5.92 Å². The molecule has 1 aliphatic carbocycles. The topological polar surface area (TPSA) is 38.8 Å². The maximum atomic E-state index is 12.3. The standard InChI is InChI=1S/C16H20O3/c1-18-13-9-7-11(8-10-13)14(17)16-15(19-16)12-5-3-2-4-6-12/h7-10,12,15-16H,2-6H2,1H3/t15-,16-/m1/s1. The van der Waals surface area contributed by atoms with Crippen molar-refractivity contribution in [1.82, 2.24) is 0 Å². The Balaban J connectivity index is 1.62. The number of ether oxygens (including phenoxy) is 2. The Hall–Kier alpha value is -1.35. The quantitative estimate of drug-likeness (QED) is 0.616. The first-order chi connectivity index (χ1) is 9.29. The van der Waals surface area contributed by atoms with E-state index in [9.17, 15) is 4.79 Å². The smallest absolute Gasteiger partial charge is 0.194 e. The van der Waals surface area contributed by atoms with Crippen LogP contribution in [0.5, 0.6) is 5.75 Å². The second-order valence-electron chi connectivity index (χ2n) is 5.51. The number of rotatable bonds is 4. The van der Waals surface area contributed by atoms with Gasteiger partial charge in [0.1, 0.15) is 11.9 Å². The van der Waals surface area contributed by atoms with E-state index in [0.29, 0.717) is 5.92 Å². The maximum absolute atomic E-state index is 12.3. The van der Waals surface area contributed by atoms with Gasteiger partial charge in [-0.15, -0.1) is 0 Å². The summed E-state index contributed by atoms with van der Waals surface area (Å²) in [7, 11) is 1.62. The highest BCUT2D eigenvalue weighted by molar-refractivity contribution is 6.01. The highest BCUT2D eigenvalue weighted by atomic mass is 16.6. The van der Waals surface area contributed by atoms with Gasteiger partial charge in [-0.1, -0.05) is 19.3 Å². The SMILES string of the molecule is COc1ccc(C(=O)[C@H]2O[C@@H]2C2CCCCC2)cc1. The average Bonchev–Trinajstić information content (AvgIpc) is 3.28. The van der Waals surface area contributed by atoms with E-state index in [0.717, 1.165) is 11.3 Å². The van der Waals surface area contributed by atoms with Gasteiger partial charge in [0.15, 0.2) is 5.78 Å². The highest BCUT2D eigenvalue weighted by Crippen LogP contribution is 2.39. The molecule has 0 bridgehead atoms. The van der Waals surface area contributed by atoms with Crippen molar-refractivity contribution in [3.8, 4) is 5.75 Å². The molecular formula is C16H20O3. The fourth-order valence-electron chi connectivity index (χ4n) is 3.08. The molecule has 1 saturated carbocycles. The summed E-state index contributed by atoms with van der Waals surface area (Å²) in [5.41, 5.74) is 0.726. The monoisotopic (exact) mass is 260 g/mol. The summed E-state index contributed by atoms with van der Waals surface area (Å²) < 4.78 is 10.7. The van der Waals surface area contributed by atoms with Gasteiger partial charge in [0, 0.05) is 5.56 Å². The first-order valence-corrected chi connectivity index (χ1v) is 7.13. The second kappa shape index (κ2) is 5.33. The summed E-state index contributed by atoms with van der Waals surface area (Å²) in [6, 6.07) is 7.29. The van der Waals surface area contributed by atoms with Gasteiger partial charge in [0.2, 0.25) is 0 Å². The normalized spacial score (nSPS) is 27.0. The first-order valence-electron chi connectivity index (χ1n) is 7.13. The minimum Gasteiger partial charge on any atom is -0.497 e. The van der Waals surface area contributed by atoms with Crippen molar-refractivity contribution in [2.45, 2.75) is 44.3 Å². The highest BCUT2D eigenvalue weighted by Gasteiger charge is 2.49. The van der Waals surface area contributed by atoms with Crippen LogP contribution in [0, 0.1) is 5.92 Å². The zero-order valence-electron chi connectivity index (χ0n) is 11.3. The fourth-order valence-corrected chi connectivity index (χ4v) is 3.08. The van der Waals surface area contributed by atoms with Crippen LogP contribution in [0.3, 0.4) is 0 Å². The van der Waals surface area contributed by atoms with Gasteiger partial charge in [-0.25, -0.2) is 0 Å². The van der Waals surface area contributed by atoms with Crippen LogP contribution in [0.4, 0.5) is 0 Å². The third kappa shape index (κ3) is 2.66. The third-order valence-corrected chi connectivity index (χ3v) is 4.27. The molecule has 2 fully saturated rings. The van der Waals surface area contributed by atoms with E-state index >= 15 is 0 Å². The molecule has 1 aromatic rings. The van der Waals surface area contributed by atoms with E-state index in [4.69, 9.17) is 9.47 Å². The Bertz CT molecular complexity index is 446. The molecule has 1 saturated heterocycles. The molecule has 2 aliphatic rings. The van der Waals surface area contributed by atoms with Crippen LogP contribution in [0.15, 0.2) is 24.3 Å². The van der Waals surface area contributed by atoms with Crippen LogP contribution < -0.4 is 4.74 Å². The van der Waals surface area contributed by atoms with Crippen LogP contribution in [0.25, 0.3) is 0 Å². The molecule has 3 nitrogen and oxygen atoms in total. The molecule has 1 aliphatic heterocycles. The Labute approximate surface area is 113 Å². The van der Waals surface area contributed by atoms with E-state index in [1.165, 1.54) is 32.1 Å². The molecule has 0 aromatic heterocycles. The number of carbonyl (C=O) groups is 1. The van der Waals surface area contributed by atoms with E-state index in [1.807, 2.05) is 24.3 Å². The Morgan fingerprint density at radius 1 is 1.16 bits per heavy atom. The van der Waals surface area contributed by atoms with Crippen LogP contribution in [-0.2, 0) is 4.74 Å². The predicted molar refractivity (Wildman–Crippen MR) is 72.6 cm³/mol. The fraction of sp³-hybridized carbons (Fsp3) is 0.562. The van der Waals surface area contributed by atoms with Crippen molar-refractivity contribution in [3.05, 3.63) is 29.8 Å². The lowest BCUT2D eigenvalue weighted by Crippen LogP contribution is -2.18. The molecule has 19 heavy (non-hydrogen) atoms. The van der Waals surface area contributed by atoms with Crippen molar-refractivity contribution < 1.29 is 14.3 Å². The number of benzene rings is 1. The average molecular weight is 260 g/mol. The van der Waals surface area contributed by atoms with E-state index in [-0.39, 0.29) is 18.0 Å². The Kier molecular flexibility index (Phi) is 3.56. The molecule has 2 atom stereocenters. The molecule has 3 rings (SSSR count). The third-order valence-electron chi connectivity index (χ3n) is 4.27. The number of epoxide rings is 1. The van der Waals surface area contributed by atoms with Crippen molar-refractivity contribution in [3.63, 3.8) is 0 Å². The molecule has 1 heterocycles. The second-order valence-corrected chi connectivity index (χ2v) is 5.51. The lowest BCUT2D eigenvalue weighted by molar-refractivity contribution is 0.0953. The van der Waals surface area contributed by atoms with Crippen LogP contribution in [0.2, 0.25) is 0 Å². The van der Waals surface area contributed by atoms with Crippen molar-refractivity contribution in [2.75, 3.05) is 7.11 Å². The zero-order chi connectivity index (χ0) is 13.2. The molecular weight excluding hydrogens is 240 g/mol. The van der Waals surface area contributed by atoms with Gasteiger partial charge in [0.05, 0.1) is 13.2 Å². The van der Waals surface area contributed by atoms with Gasteiger partial charge in [-0.3, -0.25) is 4.79 Å². The molecule has 1 aromatic carbocycles. The lowest BCUT2D eigenvalue weighted by atomic mass is 9.85. The van der Waals surface area contributed by atoms with E-state index < -0.39 is 0 Å². The minimum atomic E-state index is -0.198. The van der Waals surface area contributed by atoms with E-state index in [2.05, 4.69) is 0 Å². The van der Waals surface area contributed by atoms with Crippen LogP contribution in [-0.4, -0.2) is 25.1 Å². The van der Waals surface area contributed by atoms with Gasteiger partial charge < -0.3 is 9.47 Å². The predicted octanol–water partition coefficient (Wildman–Crippen LogP) is 3.23. The van der Waals surface area contributed by atoms with Gasteiger partial charge in [-0.05, 0) is 43.0 Å². The molecule has 0 N–H and O–H groups in total. The van der Waals surface area contributed by atoms with Crippen molar-refractivity contribution in [1.29, 1.82) is 0 Å². The van der Waals surface area contributed by atoms with Gasteiger partial charge in [-0.2, -0.15) is 0 Å². The van der Waals surface area contributed by atoms with Crippen LogP contribution >= 0.6 is 0 Å². The number of Topliss-reactive ketones (excluding diaryl/α,β-unsaturated/α-hetero) is 1. The van der Waals surface area contributed by atoms with Crippen molar-refractivity contribution >= 4 is 5.78 Å². The molecule has 0 spiro atoms. The summed E-state index contributed by atoms with van der Waals surface area (Å²) in [6.07, 6.45) is 6.32. The summed E-state index contributed by atoms with van der Waals surface area (Å²) in [5.74, 6) is 1.50. The summed E-state index contributed by atoms with van der Waals surface area (Å²) in [5, 5.41) is 0. The molecule has 0 unspecified atom stereocenters. The molecule has 0 radical (unpaired) electrons. The van der Waals surface area contributed by atoms with Gasteiger partial charge in [0.25, 0.3) is 0 Å².